The Balaban J connectivity index is 1.78. The average Bonchev–Trinajstić information content (AvgIpc) is 2.54. The summed E-state index contributed by atoms with van der Waals surface area (Å²) in [5.41, 5.74) is 6.21. The SMILES string of the molecule is CC1=CC=C(c2ccc3c(n2)C2N=CC=CC2C=C3)C(C)C1. The molecule has 0 aromatic carbocycles. The minimum atomic E-state index is 0.140. The molecular weight excluding hydrogens is 268 g/mol. The first kappa shape index (κ1) is 13.4. The fourth-order valence-corrected chi connectivity index (χ4v) is 3.58. The Morgan fingerprint density at radius 3 is 2.91 bits per heavy atom. The molecular formula is C20H20N2. The monoisotopic (exact) mass is 288 g/mol. The van der Waals surface area contributed by atoms with E-state index in [0.717, 1.165) is 17.8 Å². The summed E-state index contributed by atoms with van der Waals surface area (Å²) in [4.78, 5) is 9.65. The maximum Gasteiger partial charge on any atom is 0.102 e. The molecule has 2 aliphatic carbocycles. The second kappa shape index (κ2) is 5.20. The number of rotatable bonds is 1. The highest BCUT2D eigenvalue weighted by atomic mass is 14.9. The number of hydrogen-bond donors (Lipinski definition) is 0. The lowest BCUT2D eigenvalue weighted by atomic mass is 9.84. The number of aliphatic imine (C=N–C) groups is 1. The molecule has 0 saturated heterocycles. The van der Waals surface area contributed by atoms with E-state index in [9.17, 15) is 0 Å². The van der Waals surface area contributed by atoms with Crippen LogP contribution in [-0.2, 0) is 0 Å². The van der Waals surface area contributed by atoms with Crippen LogP contribution in [0.3, 0.4) is 0 Å². The van der Waals surface area contributed by atoms with Crippen LogP contribution in [0.25, 0.3) is 11.6 Å². The predicted molar refractivity (Wildman–Crippen MR) is 92.6 cm³/mol. The van der Waals surface area contributed by atoms with Crippen molar-refractivity contribution in [3.63, 3.8) is 0 Å². The van der Waals surface area contributed by atoms with Crippen LogP contribution in [-0.4, -0.2) is 11.2 Å². The Labute approximate surface area is 131 Å². The van der Waals surface area contributed by atoms with Gasteiger partial charge < -0.3 is 0 Å². The van der Waals surface area contributed by atoms with Crippen LogP contribution in [0, 0.1) is 11.8 Å². The van der Waals surface area contributed by atoms with Crippen molar-refractivity contribution in [2.75, 3.05) is 0 Å². The Kier molecular flexibility index (Phi) is 3.18. The van der Waals surface area contributed by atoms with Gasteiger partial charge in [-0.25, -0.2) is 0 Å². The summed E-state index contributed by atoms with van der Waals surface area (Å²) < 4.78 is 0. The minimum absolute atomic E-state index is 0.140. The molecule has 1 aromatic rings. The van der Waals surface area contributed by atoms with E-state index in [-0.39, 0.29) is 6.04 Å². The van der Waals surface area contributed by atoms with Gasteiger partial charge in [-0.1, -0.05) is 48.9 Å². The van der Waals surface area contributed by atoms with Gasteiger partial charge in [-0.05, 0) is 42.5 Å². The molecule has 22 heavy (non-hydrogen) atoms. The summed E-state index contributed by atoms with van der Waals surface area (Å²) in [6.45, 7) is 4.48. The van der Waals surface area contributed by atoms with Crippen LogP contribution in [0.2, 0.25) is 0 Å². The maximum absolute atomic E-state index is 5.00. The quantitative estimate of drug-likeness (QED) is 0.730. The molecule has 0 bridgehead atoms. The van der Waals surface area contributed by atoms with Crippen molar-refractivity contribution in [3.05, 3.63) is 65.0 Å². The van der Waals surface area contributed by atoms with Crippen LogP contribution in [0.5, 0.6) is 0 Å². The fraction of sp³-hybridized carbons (Fsp3) is 0.300. The van der Waals surface area contributed by atoms with Gasteiger partial charge in [0.15, 0.2) is 0 Å². The number of allylic oxidation sites excluding steroid dienone is 5. The number of nitrogens with zero attached hydrogens (tertiary/aromatic N) is 2. The second-order valence-electron chi connectivity index (χ2n) is 6.48. The van der Waals surface area contributed by atoms with Crippen molar-refractivity contribution in [1.29, 1.82) is 0 Å². The van der Waals surface area contributed by atoms with Gasteiger partial charge in [-0.2, -0.15) is 0 Å². The molecule has 3 aliphatic rings. The highest BCUT2D eigenvalue weighted by Gasteiger charge is 2.27. The van der Waals surface area contributed by atoms with Crippen LogP contribution < -0.4 is 0 Å². The third-order valence-corrected chi connectivity index (χ3v) is 4.77. The third-order valence-electron chi connectivity index (χ3n) is 4.77. The molecule has 2 nitrogen and oxygen atoms in total. The molecule has 1 aliphatic heterocycles. The van der Waals surface area contributed by atoms with E-state index in [1.165, 1.54) is 16.7 Å². The first-order valence-corrected chi connectivity index (χ1v) is 7.99. The molecule has 1 aromatic heterocycles. The Morgan fingerprint density at radius 2 is 2.05 bits per heavy atom. The second-order valence-corrected chi connectivity index (χ2v) is 6.48. The summed E-state index contributed by atoms with van der Waals surface area (Å²) >= 11 is 0. The van der Waals surface area contributed by atoms with Crippen molar-refractivity contribution in [3.8, 4) is 0 Å². The van der Waals surface area contributed by atoms with E-state index in [1.54, 1.807) is 0 Å². The van der Waals surface area contributed by atoms with Crippen molar-refractivity contribution < 1.29 is 0 Å². The van der Waals surface area contributed by atoms with E-state index in [0.29, 0.717) is 11.8 Å². The maximum atomic E-state index is 5.00. The summed E-state index contributed by atoms with van der Waals surface area (Å²) in [6.07, 6.45) is 16.1. The number of dihydropyridines is 1. The van der Waals surface area contributed by atoms with Crippen molar-refractivity contribution in [2.24, 2.45) is 16.8 Å². The van der Waals surface area contributed by atoms with Gasteiger partial charge in [0.2, 0.25) is 0 Å². The zero-order valence-electron chi connectivity index (χ0n) is 13.0. The summed E-state index contributed by atoms with van der Waals surface area (Å²) in [5.74, 6) is 0.875. The largest absolute Gasteiger partial charge is 0.282 e. The van der Waals surface area contributed by atoms with E-state index >= 15 is 0 Å². The highest BCUT2D eigenvalue weighted by Crippen LogP contribution is 2.38. The topological polar surface area (TPSA) is 25.2 Å². The van der Waals surface area contributed by atoms with Crippen molar-refractivity contribution >= 4 is 17.9 Å². The third kappa shape index (κ3) is 2.19. The molecule has 2 heteroatoms. The molecule has 110 valence electrons. The van der Waals surface area contributed by atoms with Gasteiger partial charge in [0, 0.05) is 12.1 Å². The lowest BCUT2D eigenvalue weighted by Crippen LogP contribution is -2.17. The van der Waals surface area contributed by atoms with Gasteiger partial charge in [0.1, 0.15) is 6.04 Å². The molecule has 3 atom stereocenters. The lowest BCUT2D eigenvalue weighted by Gasteiger charge is -2.27. The summed E-state index contributed by atoms with van der Waals surface area (Å²) in [7, 11) is 0. The lowest BCUT2D eigenvalue weighted by molar-refractivity contribution is 0.592. The van der Waals surface area contributed by atoms with Gasteiger partial charge in [-0.15, -0.1) is 0 Å². The number of aromatic nitrogens is 1. The minimum Gasteiger partial charge on any atom is -0.282 e. The molecule has 0 saturated carbocycles. The Morgan fingerprint density at radius 1 is 1.14 bits per heavy atom. The molecule has 0 radical (unpaired) electrons. The smallest absolute Gasteiger partial charge is 0.102 e. The van der Waals surface area contributed by atoms with E-state index in [2.05, 4.69) is 61.4 Å². The van der Waals surface area contributed by atoms with Crippen LogP contribution >= 0.6 is 0 Å². The summed E-state index contributed by atoms with van der Waals surface area (Å²) in [5, 5.41) is 0. The van der Waals surface area contributed by atoms with Crippen LogP contribution in [0.1, 0.15) is 43.3 Å². The van der Waals surface area contributed by atoms with Crippen molar-refractivity contribution in [2.45, 2.75) is 26.3 Å². The van der Waals surface area contributed by atoms with Gasteiger partial charge in [0.25, 0.3) is 0 Å². The van der Waals surface area contributed by atoms with E-state index in [4.69, 9.17) is 4.98 Å². The standard InChI is InChI=1S/C20H20N2/c1-13-5-9-17(14(2)12-13)18-10-8-16-7-6-15-4-3-11-21-19(15)20(16)22-18/h3-11,14-15,19H,12H2,1-2H3. The predicted octanol–water partition coefficient (Wildman–Crippen LogP) is 4.78. The van der Waals surface area contributed by atoms with Gasteiger partial charge in [-0.3, -0.25) is 9.98 Å². The Hall–Kier alpha value is -2.22. The van der Waals surface area contributed by atoms with E-state index < -0.39 is 0 Å². The Bertz CT molecular complexity index is 762. The number of hydrogen-bond acceptors (Lipinski definition) is 2. The summed E-state index contributed by atoms with van der Waals surface area (Å²) in [6, 6.07) is 4.49. The van der Waals surface area contributed by atoms with Crippen LogP contribution in [0.4, 0.5) is 0 Å². The normalized spacial score (nSPS) is 28.7. The average molecular weight is 288 g/mol. The number of fused-ring (bicyclic) bond motifs is 3. The molecule has 0 N–H and O–H groups in total. The molecule has 0 amide bonds. The van der Waals surface area contributed by atoms with Crippen LogP contribution in [0.15, 0.2) is 53.1 Å². The van der Waals surface area contributed by atoms with Crippen molar-refractivity contribution in [1.82, 2.24) is 4.98 Å². The number of pyridine rings is 1. The zero-order chi connectivity index (χ0) is 15.1. The zero-order valence-corrected chi connectivity index (χ0v) is 13.0. The molecule has 2 heterocycles. The first-order chi connectivity index (χ1) is 10.7. The first-order valence-electron chi connectivity index (χ1n) is 7.99. The fourth-order valence-electron chi connectivity index (χ4n) is 3.58. The molecule has 4 rings (SSSR count). The molecule has 0 spiro atoms. The van der Waals surface area contributed by atoms with Gasteiger partial charge in [0.05, 0.1) is 11.4 Å². The van der Waals surface area contributed by atoms with E-state index in [1.807, 2.05) is 12.3 Å². The molecule has 3 unspecified atom stereocenters. The highest BCUT2D eigenvalue weighted by molar-refractivity contribution is 5.75. The molecule has 0 fully saturated rings. The van der Waals surface area contributed by atoms with Gasteiger partial charge >= 0.3 is 0 Å².